The summed E-state index contributed by atoms with van der Waals surface area (Å²) in [5.41, 5.74) is 1.61. The van der Waals surface area contributed by atoms with Crippen LogP contribution < -0.4 is 0 Å². The summed E-state index contributed by atoms with van der Waals surface area (Å²) in [6.07, 6.45) is 2.93. The standard InChI is InChI=1S/C8H7N3O2.K.H/c1-5-2-7-6(8(12)13)4-10-11(7)9-3-5;;/h2-4H,1H3,(H,12,13);;. The predicted molar refractivity (Wildman–Crippen MR) is 51.8 cm³/mol. The first kappa shape index (κ1) is 11.8. The fraction of sp³-hybridized carbons (Fsp3) is 0.125. The molecule has 0 unspecified atom stereocenters. The number of aryl methyl sites for hydroxylation is 1. The van der Waals surface area contributed by atoms with E-state index < -0.39 is 5.97 Å². The Bertz CT molecular complexity index is 480. The van der Waals surface area contributed by atoms with E-state index in [0.717, 1.165) is 5.56 Å². The van der Waals surface area contributed by atoms with Gasteiger partial charge in [0.2, 0.25) is 0 Å². The van der Waals surface area contributed by atoms with Crippen molar-refractivity contribution < 1.29 is 9.90 Å². The third-order valence-electron chi connectivity index (χ3n) is 1.75. The van der Waals surface area contributed by atoms with Gasteiger partial charge in [-0.25, -0.2) is 4.79 Å². The van der Waals surface area contributed by atoms with Crippen LogP contribution in [-0.4, -0.2) is 77.3 Å². The monoisotopic (exact) mass is 217 g/mol. The second-order valence-electron chi connectivity index (χ2n) is 2.77. The normalized spacial score (nSPS) is 9.79. The Kier molecular flexibility index (Phi) is 3.79. The molecule has 6 heteroatoms. The third kappa shape index (κ3) is 2.04. The van der Waals surface area contributed by atoms with Crippen molar-refractivity contribution in [3.05, 3.63) is 29.6 Å². The third-order valence-corrected chi connectivity index (χ3v) is 1.75. The molecule has 14 heavy (non-hydrogen) atoms. The molecule has 0 aromatic carbocycles. The molecule has 2 aromatic heterocycles. The van der Waals surface area contributed by atoms with E-state index in [1.54, 1.807) is 12.3 Å². The summed E-state index contributed by atoms with van der Waals surface area (Å²) in [4.78, 5) is 10.7. The maximum atomic E-state index is 10.7. The van der Waals surface area contributed by atoms with E-state index in [1.807, 2.05) is 6.92 Å². The first-order chi connectivity index (χ1) is 6.18. The van der Waals surface area contributed by atoms with Gasteiger partial charge in [-0.3, -0.25) is 0 Å². The van der Waals surface area contributed by atoms with Crippen LogP contribution in [0.3, 0.4) is 0 Å². The number of aromatic carboxylic acids is 1. The van der Waals surface area contributed by atoms with Crippen LogP contribution in [0.15, 0.2) is 18.5 Å². The van der Waals surface area contributed by atoms with Crippen molar-refractivity contribution in [2.75, 3.05) is 0 Å². The van der Waals surface area contributed by atoms with E-state index in [1.165, 1.54) is 10.8 Å². The number of carbonyl (C=O) groups is 1. The zero-order valence-corrected chi connectivity index (χ0v) is 6.93. The van der Waals surface area contributed by atoms with Crippen LogP contribution in [0.1, 0.15) is 15.9 Å². The van der Waals surface area contributed by atoms with Gasteiger partial charge in [-0.15, -0.1) is 0 Å². The summed E-state index contributed by atoms with van der Waals surface area (Å²) in [6.45, 7) is 1.85. The number of hydrogen-bond donors (Lipinski definition) is 1. The van der Waals surface area contributed by atoms with E-state index in [-0.39, 0.29) is 56.9 Å². The summed E-state index contributed by atoms with van der Waals surface area (Å²) in [5, 5.41) is 16.5. The Labute approximate surface area is 123 Å². The molecule has 2 aromatic rings. The van der Waals surface area contributed by atoms with Crippen LogP contribution in [0.2, 0.25) is 0 Å². The second kappa shape index (κ2) is 4.50. The number of rotatable bonds is 1. The Balaban J connectivity index is 0.000000980. The van der Waals surface area contributed by atoms with Gasteiger partial charge < -0.3 is 5.11 Å². The van der Waals surface area contributed by atoms with Crippen LogP contribution >= 0.6 is 0 Å². The van der Waals surface area contributed by atoms with Crippen molar-refractivity contribution in [3.63, 3.8) is 0 Å². The topological polar surface area (TPSA) is 67.5 Å². The van der Waals surface area contributed by atoms with Crippen LogP contribution in [0.4, 0.5) is 0 Å². The molecule has 5 nitrogen and oxygen atoms in total. The minimum atomic E-state index is -0.984. The fourth-order valence-corrected chi connectivity index (χ4v) is 1.14. The average molecular weight is 217 g/mol. The van der Waals surface area contributed by atoms with Gasteiger partial charge in [-0.05, 0) is 18.6 Å². The summed E-state index contributed by atoms with van der Waals surface area (Å²) < 4.78 is 1.30. The Morgan fingerprint density at radius 1 is 1.43 bits per heavy atom. The summed E-state index contributed by atoms with van der Waals surface area (Å²) in [6, 6.07) is 1.74. The number of hydrogen-bond acceptors (Lipinski definition) is 3. The number of aromatic nitrogens is 3. The molecule has 0 bridgehead atoms. The first-order valence-corrected chi connectivity index (χ1v) is 3.72. The van der Waals surface area contributed by atoms with Gasteiger partial charge in [-0.2, -0.15) is 14.8 Å². The molecule has 0 saturated carbocycles. The van der Waals surface area contributed by atoms with Gasteiger partial charge >= 0.3 is 57.4 Å². The average Bonchev–Trinajstić information content (AvgIpc) is 2.46. The fourth-order valence-electron chi connectivity index (χ4n) is 1.14. The van der Waals surface area contributed by atoms with Crippen molar-refractivity contribution in [2.45, 2.75) is 6.92 Å². The number of carboxylic acids is 1. The van der Waals surface area contributed by atoms with Gasteiger partial charge in [0.1, 0.15) is 11.1 Å². The van der Waals surface area contributed by atoms with Gasteiger partial charge in [0.15, 0.2) is 0 Å². The van der Waals surface area contributed by atoms with Crippen molar-refractivity contribution in [2.24, 2.45) is 0 Å². The van der Waals surface area contributed by atoms with Crippen LogP contribution in [-0.2, 0) is 0 Å². The Morgan fingerprint density at radius 3 is 2.71 bits per heavy atom. The SMILES string of the molecule is Cc1cnn2ncc(C(=O)O)c2c1.[KH]. The van der Waals surface area contributed by atoms with E-state index in [4.69, 9.17) is 5.11 Å². The zero-order valence-electron chi connectivity index (χ0n) is 6.93. The van der Waals surface area contributed by atoms with Crippen molar-refractivity contribution in [3.8, 4) is 0 Å². The molecule has 0 saturated heterocycles. The Morgan fingerprint density at radius 2 is 2.07 bits per heavy atom. The van der Waals surface area contributed by atoms with Crippen molar-refractivity contribution in [1.29, 1.82) is 0 Å². The molecule has 1 N–H and O–H groups in total. The van der Waals surface area contributed by atoms with Crippen molar-refractivity contribution in [1.82, 2.24) is 14.8 Å². The first-order valence-electron chi connectivity index (χ1n) is 3.72. The van der Waals surface area contributed by atoms with Crippen LogP contribution in [0.25, 0.3) is 5.52 Å². The summed E-state index contributed by atoms with van der Waals surface area (Å²) in [5.74, 6) is -0.984. The maximum absolute atomic E-state index is 10.7. The van der Waals surface area contributed by atoms with Crippen LogP contribution in [0, 0.1) is 6.92 Å². The number of nitrogens with zero attached hydrogens (tertiary/aromatic N) is 3. The molecule has 0 amide bonds. The Hall–Kier alpha value is -0.274. The second-order valence-corrected chi connectivity index (χ2v) is 2.77. The molecule has 68 valence electrons. The number of fused-ring (bicyclic) bond motifs is 1. The van der Waals surface area contributed by atoms with Crippen molar-refractivity contribution >= 4 is 62.9 Å². The van der Waals surface area contributed by atoms with Crippen LogP contribution in [0.5, 0.6) is 0 Å². The molecule has 0 radical (unpaired) electrons. The minimum absolute atomic E-state index is 0. The van der Waals surface area contributed by atoms with Gasteiger partial charge in [-0.1, -0.05) is 0 Å². The van der Waals surface area contributed by atoms with E-state index >= 15 is 0 Å². The molecule has 0 aliphatic carbocycles. The van der Waals surface area contributed by atoms with E-state index in [0.29, 0.717) is 5.52 Å². The van der Waals surface area contributed by atoms with E-state index in [2.05, 4.69) is 10.2 Å². The predicted octanol–water partition coefficient (Wildman–Crippen LogP) is 0.0874. The quantitative estimate of drug-likeness (QED) is 0.687. The number of carboxylic acid groups (broad SMARTS) is 1. The summed E-state index contributed by atoms with van der Waals surface area (Å²) >= 11 is 0. The molecule has 0 spiro atoms. The molecular formula is C8H8KN3O2. The molecule has 2 rings (SSSR count). The molecule has 0 aliphatic rings. The van der Waals surface area contributed by atoms with Gasteiger partial charge in [0.05, 0.1) is 12.4 Å². The molecular weight excluding hydrogens is 209 g/mol. The zero-order chi connectivity index (χ0) is 9.42. The summed E-state index contributed by atoms with van der Waals surface area (Å²) in [7, 11) is 0. The van der Waals surface area contributed by atoms with Gasteiger partial charge in [0, 0.05) is 0 Å². The van der Waals surface area contributed by atoms with Gasteiger partial charge in [0.25, 0.3) is 0 Å². The molecule has 0 atom stereocenters. The molecule has 0 fully saturated rings. The van der Waals surface area contributed by atoms with E-state index in [9.17, 15) is 4.79 Å². The molecule has 2 heterocycles. The molecule has 0 aliphatic heterocycles.